The van der Waals surface area contributed by atoms with E-state index < -0.39 is 0 Å². The minimum atomic E-state index is 0.103. The minimum Gasteiger partial charge on any atom is -0.394 e. The molecule has 1 saturated heterocycles. The molecule has 0 spiro atoms. The average Bonchev–Trinajstić information content (AvgIpc) is 2.46. The molecule has 2 heterocycles. The van der Waals surface area contributed by atoms with Gasteiger partial charge in [-0.1, -0.05) is 6.92 Å². The first-order valence-corrected chi connectivity index (χ1v) is 6.61. The Labute approximate surface area is 108 Å². The number of aliphatic hydroxyl groups is 1. The molecule has 1 N–H and O–H groups in total. The second-order valence-corrected chi connectivity index (χ2v) is 4.50. The minimum absolute atomic E-state index is 0.103. The smallest absolute Gasteiger partial charge is 0.132 e. The number of aliphatic hydroxyl groups excluding tert-OH is 1. The average molecular weight is 251 g/mol. The van der Waals surface area contributed by atoms with Crippen LogP contribution >= 0.6 is 0 Å². The Balaban J connectivity index is 1.88. The van der Waals surface area contributed by atoms with E-state index in [9.17, 15) is 0 Å². The molecule has 1 aromatic rings. The molecule has 5 heteroatoms. The van der Waals surface area contributed by atoms with E-state index in [1.165, 1.54) is 0 Å². The number of hydrogen-bond acceptors (Lipinski definition) is 5. The highest BCUT2D eigenvalue weighted by Crippen LogP contribution is 2.19. The van der Waals surface area contributed by atoms with Gasteiger partial charge in [0.2, 0.25) is 0 Å². The lowest BCUT2D eigenvalue weighted by atomic mass is 10.1. The monoisotopic (exact) mass is 251 g/mol. The highest BCUT2D eigenvalue weighted by Gasteiger charge is 2.20. The number of piperidine rings is 1. The number of hydrogen-bond donors (Lipinski definition) is 1. The van der Waals surface area contributed by atoms with Crippen LogP contribution < -0.4 is 4.90 Å². The fourth-order valence-electron chi connectivity index (χ4n) is 2.22. The van der Waals surface area contributed by atoms with Gasteiger partial charge in [-0.15, -0.1) is 0 Å². The first-order valence-electron chi connectivity index (χ1n) is 6.61. The summed E-state index contributed by atoms with van der Waals surface area (Å²) in [5, 5.41) is 8.73. The normalized spacial score (nSPS) is 17.1. The molecule has 18 heavy (non-hydrogen) atoms. The quantitative estimate of drug-likeness (QED) is 0.846. The topological polar surface area (TPSA) is 58.5 Å². The highest BCUT2D eigenvalue weighted by molar-refractivity contribution is 5.39. The van der Waals surface area contributed by atoms with Crippen molar-refractivity contribution in [1.82, 2.24) is 9.97 Å². The van der Waals surface area contributed by atoms with E-state index >= 15 is 0 Å². The molecule has 0 saturated carbocycles. The number of nitrogens with zero attached hydrogens (tertiary/aromatic N) is 3. The summed E-state index contributed by atoms with van der Waals surface area (Å²) < 4.78 is 5.55. The van der Waals surface area contributed by atoms with E-state index in [0.717, 1.165) is 43.9 Å². The lowest BCUT2D eigenvalue weighted by Crippen LogP contribution is -2.37. The van der Waals surface area contributed by atoms with Crippen molar-refractivity contribution in [2.45, 2.75) is 32.3 Å². The molecule has 0 bridgehead atoms. The molecular weight excluding hydrogens is 230 g/mol. The van der Waals surface area contributed by atoms with Crippen LogP contribution in [0.4, 0.5) is 5.82 Å². The Hall–Kier alpha value is -1.20. The fourth-order valence-corrected chi connectivity index (χ4v) is 2.22. The molecular formula is C13H21N3O2. The predicted octanol–water partition coefficient (Wildman–Crippen LogP) is 1.02. The lowest BCUT2D eigenvalue weighted by Gasteiger charge is -2.32. The van der Waals surface area contributed by atoms with Crippen LogP contribution in [0.5, 0.6) is 0 Å². The van der Waals surface area contributed by atoms with Crippen molar-refractivity contribution in [3.8, 4) is 0 Å². The van der Waals surface area contributed by atoms with Crippen LogP contribution in [0.1, 0.15) is 25.5 Å². The Bertz CT molecular complexity index is 365. The summed E-state index contributed by atoms with van der Waals surface area (Å²) in [7, 11) is 0. The Morgan fingerprint density at radius 1 is 1.39 bits per heavy atom. The van der Waals surface area contributed by atoms with Crippen molar-refractivity contribution in [3.05, 3.63) is 18.1 Å². The van der Waals surface area contributed by atoms with Gasteiger partial charge in [-0.3, -0.25) is 0 Å². The van der Waals surface area contributed by atoms with Crippen molar-refractivity contribution in [2.75, 3.05) is 31.2 Å². The van der Waals surface area contributed by atoms with E-state index in [-0.39, 0.29) is 12.7 Å². The van der Waals surface area contributed by atoms with E-state index in [2.05, 4.69) is 27.9 Å². The molecule has 0 unspecified atom stereocenters. The molecule has 5 nitrogen and oxygen atoms in total. The molecule has 0 atom stereocenters. The van der Waals surface area contributed by atoms with Gasteiger partial charge in [-0.25, -0.2) is 9.97 Å². The molecule has 0 aliphatic carbocycles. The van der Waals surface area contributed by atoms with E-state index in [1.54, 1.807) is 6.33 Å². The third-order valence-corrected chi connectivity index (χ3v) is 3.28. The fraction of sp³-hybridized carbons (Fsp3) is 0.692. The summed E-state index contributed by atoms with van der Waals surface area (Å²) in [4.78, 5) is 10.8. The van der Waals surface area contributed by atoms with Crippen molar-refractivity contribution < 1.29 is 9.84 Å². The summed E-state index contributed by atoms with van der Waals surface area (Å²) in [6.07, 6.45) is 4.84. The van der Waals surface area contributed by atoms with Gasteiger partial charge in [0.05, 0.1) is 19.3 Å². The summed E-state index contributed by atoms with van der Waals surface area (Å²) in [5.41, 5.74) is 1.08. The van der Waals surface area contributed by atoms with Crippen LogP contribution in [0, 0.1) is 0 Å². The first-order chi connectivity index (χ1) is 8.83. The number of ether oxygens (including phenoxy) is 1. The van der Waals surface area contributed by atoms with Gasteiger partial charge >= 0.3 is 0 Å². The van der Waals surface area contributed by atoms with Crippen LogP contribution in [0.15, 0.2) is 12.4 Å². The van der Waals surface area contributed by atoms with Crippen molar-refractivity contribution in [2.24, 2.45) is 0 Å². The summed E-state index contributed by atoms with van der Waals surface area (Å²) in [6, 6.07) is 2.06. The Morgan fingerprint density at radius 2 is 2.17 bits per heavy atom. The maximum atomic E-state index is 8.73. The lowest BCUT2D eigenvalue weighted by molar-refractivity contribution is 0.0158. The van der Waals surface area contributed by atoms with Gasteiger partial charge in [-0.2, -0.15) is 0 Å². The predicted molar refractivity (Wildman–Crippen MR) is 69.7 cm³/mol. The summed E-state index contributed by atoms with van der Waals surface area (Å²) in [6.45, 7) is 4.55. The zero-order chi connectivity index (χ0) is 12.8. The number of anilines is 1. The van der Waals surface area contributed by atoms with Gasteiger partial charge < -0.3 is 14.7 Å². The zero-order valence-corrected chi connectivity index (χ0v) is 10.9. The standard InChI is InChI=1S/C13H21N3O2/c1-2-11-9-13(15-10-14-11)16-5-3-12(4-6-16)18-8-7-17/h9-10,12,17H,2-8H2,1H3. The second kappa shape index (κ2) is 6.66. The third-order valence-electron chi connectivity index (χ3n) is 3.28. The van der Waals surface area contributed by atoms with Gasteiger partial charge in [-0.05, 0) is 19.3 Å². The molecule has 0 aromatic carbocycles. The molecule has 1 fully saturated rings. The number of aryl methyl sites for hydroxylation is 1. The van der Waals surface area contributed by atoms with Crippen molar-refractivity contribution >= 4 is 5.82 Å². The van der Waals surface area contributed by atoms with E-state index in [0.29, 0.717) is 6.61 Å². The molecule has 100 valence electrons. The van der Waals surface area contributed by atoms with Crippen LogP contribution in [0.3, 0.4) is 0 Å². The molecule has 0 amide bonds. The van der Waals surface area contributed by atoms with Gasteiger partial charge in [0.25, 0.3) is 0 Å². The van der Waals surface area contributed by atoms with Gasteiger partial charge in [0.15, 0.2) is 0 Å². The number of aromatic nitrogens is 2. The molecule has 2 rings (SSSR count). The maximum absolute atomic E-state index is 8.73. The van der Waals surface area contributed by atoms with Crippen LogP contribution in [0.2, 0.25) is 0 Å². The van der Waals surface area contributed by atoms with Crippen molar-refractivity contribution in [3.63, 3.8) is 0 Å². The second-order valence-electron chi connectivity index (χ2n) is 4.50. The van der Waals surface area contributed by atoms with Crippen LogP contribution in [0.25, 0.3) is 0 Å². The molecule has 1 aliphatic heterocycles. The Kier molecular flexibility index (Phi) is 4.90. The van der Waals surface area contributed by atoms with Crippen LogP contribution in [-0.2, 0) is 11.2 Å². The summed E-state index contributed by atoms with van der Waals surface area (Å²) in [5.74, 6) is 1.02. The van der Waals surface area contributed by atoms with Crippen LogP contribution in [-0.4, -0.2) is 47.5 Å². The molecule has 1 aliphatic rings. The van der Waals surface area contributed by atoms with E-state index in [4.69, 9.17) is 9.84 Å². The molecule has 0 radical (unpaired) electrons. The maximum Gasteiger partial charge on any atom is 0.132 e. The molecule has 1 aromatic heterocycles. The Morgan fingerprint density at radius 3 is 2.83 bits per heavy atom. The zero-order valence-electron chi connectivity index (χ0n) is 10.9. The third kappa shape index (κ3) is 3.40. The first kappa shape index (κ1) is 13.2. The van der Waals surface area contributed by atoms with Gasteiger partial charge in [0, 0.05) is 24.8 Å². The van der Waals surface area contributed by atoms with Crippen molar-refractivity contribution in [1.29, 1.82) is 0 Å². The largest absolute Gasteiger partial charge is 0.394 e. The van der Waals surface area contributed by atoms with E-state index in [1.807, 2.05) is 0 Å². The highest BCUT2D eigenvalue weighted by atomic mass is 16.5. The summed E-state index contributed by atoms with van der Waals surface area (Å²) >= 11 is 0. The number of rotatable bonds is 5. The SMILES string of the molecule is CCc1cc(N2CCC(OCCO)CC2)ncn1. The van der Waals surface area contributed by atoms with Gasteiger partial charge in [0.1, 0.15) is 12.1 Å².